The molecule has 0 aliphatic carbocycles. The normalized spacial score (nSPS) is 18.6. The molecule has 0 spiro atoms. The molecule has 1 fully saturated rings. The van der Waals surface area contributed by atoms with Crippen molar-refractivity contribution in [2.24, 2.45) is 5.73 Å². The predicted molar refractivity (Wildman–Crippen MR) is 117 cm³/mol. The highest BCUT2D eigenvalue weighted by atomic mass is 16.9. The van der Waals surface area contributed by atoms with Crippen molar-refractivity contribution in [3.8, 4) is 0 Å². The van der Waals surface area contributed by atoms with E-state index in [1.165, 1.54) is 0 Å². The molecule has 0 saturated carbocycles. The zero-order valence-electron chi connectivity index (χ0n) is 19.1. The number of piperidine rings is 1. The van der Waals surface area contributed by atoms with E-state index in [-0.39, 0.29) is 30.4 Å². The van der Waals surface area contributed by atoms with Gasteiger partial charge in [-0.05, 0) is 51.3 Å². The summed E-state index contributed by atoms with van der Waals surface area (Å²) in [6.45, 7) is 5.20. The molecule has 1 aromatic carbocycles. The third-order valence-corrected chi connectivity index (χ3v) is 5.65. The second kappa shape index (κ2) is 11.0. The Labute approximate surface area is 192 Å². The Kier molecular flexibility index (Phi) is 8.30. The molecule has 2 aliphatic rings. The molecular formula is C23H31N3O7. The van der Waals surface area contributed by atoms with Gasteiger partial charge in [-0.3, -0.25) is 29.4 Å². The van der Waals surface area contributed by atoms with E-state index in [1.54, 1.807) is 18.2 Å². The van der Waals surface area contributed by atoms with E-state index in [0.717, 1.165) is 4.90 Å². The minimum absolute atomic E-state index is 0.0715. The Bertz CT molecular complexity index is 911. The van der Waals surface area contributed by atoms with Crippen LogP contribution in [0.15, 0.2) is 18.2 Å². The largest absolute Gasteiger partial charge is 0.330 e. The summed E-state index contributed by atoms with van der Waals surface area (Å²) in [5.74, 6) is -3.42. The smallest absolute Gasteiger partial charge is 0.283 e. The maximum Gasteiger partial charge on any atom is 0.283 e. The van der Waals surface area contributed by atoms with Crippen LogP contribution < -0.4 is 11.1 Å². The van der Waals surface area contributed by atoms with Crippen molar-refractivity contribution in [3.05, 3.63) is 34.9 Å². The van der Waals surface area contributed by atoms with Crippen LogP contribution in [-0.2, 0) is 30.2 Å². The topological polar surface area (TPSA) is 137 Å². The molecule has 4 amide bonds. The Hall–Kier alpha value is -2.66. The van der Waals surface area contributed by atoms with Crippen molar-refractivity contribution >= 4 is 23.6 Å². The average molecular weight is 462 g/mol. The van der Waals surface area contributed by atoms with Gasteiger partial charge in [0.05, 0.1) is 17.7 Å². The van der Waals surface area contributed by atoms with Gasteiger partial charge in [0.15, 0.2) is 0 Å². The molecule has 0 aromatic heterocycles. The van der Waals surface area contributed by atoms with Crippen molar-refractivity contribution in [1.29, 1.82) is 0 Å². The molecule has 3 N–H and O–H groups in total. The van der Waals surface area contributed by atoms with Gasteiger partial charge >= 0.3 is 0 Å². The molecular weight excluding hydrogens is 430 g/mol. The summed E-state index contributed by atoms with van der Waals surface area (Å²) in [5.41, 5.74) is 6.70. The second-order valence-electron chi connectivity index (χ2n) is 7.83. The van der Waals surface area contributed by atoms with E-state index in [1.807, 2.05) is 13.8 Å². The lowest BCUT2D eigenvalue weighted by Gasteiger charge is -2.33. The first kappa shape index (κ1) is 25.0. The standard InChI is InChI=1S/C23H31N3O7/c1-3-31-23(32-4-2,33-14-6-13-24)12-11-15-7-5-8-16-19(15)22(30)26(21(16)29)17-9-10-18(27)25-20(17)28/h5,7-8,17H,3-4,6,9-14,24H2,1-2H3,(H,25,27,28). The highest BCUT2D eigenvalue weighted by Gasteiger charge is 2.45. The number of benzene rings is 1. The Balaban J connectivity index is 1.83. The molecule has 33 heavy (non-hydrogen) atoms. The Morgan fingerprint density at radius 2 is 1.82 bits per heavy atom. The monoisotopic (exact) mass is 461 g/mol. The van der Waals surface area contributed by atoms with E-state index in [4.69, 9.17) is 19.9 Å². The molecule has 2 heterocycles. The SMILES string of the molecule is CCOC(CCc1cccc2c1C(=O)N(C1CCC(=O)NC1=O)C2=O)(OCC)OCCCN. The number of fused-ring (bicyclic) bond motifs is 1. The Morgan fingerprint density at radius 3 is 2.45 bits per heavy atom. The van der Waals surface area contributed by atoms with Crippen molar-refractivity contribution < 1.29 is 33.4 Å². The molecule has 0 bridgehead atoms. The number of carbonyl (C=O) groups excluding carboxylic acids is 4. The van der Waals surface area contributed by atoms with E-state index < -0.39 is 35.6 Å². The van der Waals surface area contributed by atoms with Crippen molar-refractivity contribution in [2.45, 2.75) is 58.0 Å². The fourth-order valence-electron chi connectivity index (χ4n) is 4.17. The molecule has 1 saturated heterocycles. The van der Waals surface area contributed by atoms with Gasteiger partial charge in [0, 0.05) is 26.1 Å². The lowest BCUT2D eigenvalue weighted by molar-refractivity contribution is -0.380. The van der Waals surface area contributed by atoms with Gasteiger partial charge in [-0.1, -0.05) is 12.1 Å². The average Bonchev–Trinajstić information content (AvgIpc) is 3.04. The highest BCUT2D eigenvalue weighted by Crippen LogP contribution is 2.32. The van der Waals surface area contributed by atoms with E-state index in [0.29, 0.717) is 44.8 Å². The lowest BCUT2D eigenvalue weighted by atomic mass is 9.98. The van der Waals surface area contributed by atoms with Crippen LogP contribution in [0.25, 0.3) is 0 Å². The Morgan fingerprint density at radius 1 is 1.09 bits per heavy atom. The second-order valence-corrected chi connectivity index (χ2v) is 7.83. The number of carbonyl (C=O) groups is 4. The van der Waals surface area contributed by atoms with Crippen LogP contribution in [0.2, 0.25) is 0 Å². The predicted octanol–water partition coefficient (Wildman–Crippen LogP) is 1.11. The number of nitrogens with one attached hydrogen (secondary N) is 1. The van der Waals surface area contributed by atoms with Crippen LogP contribution in [0.4, 0.5) is 0 Å². The highest BCUT2D eigenvalue weighted by molar-refractivity contribution is 6.24. The molecule has 2 aliphatic heterocycles. The summed E-state index contributed by atoms with van der Waals surface area (Å²) in [6.07, 6.45) is 1.44. The van der Waals surface area contributed by atoms with Crippen LogP contribution in [0.3, 0.4) is 0 Å². The number of ether oxygens (including phenoxy) is 3. The fourth-order valence-corrected chi connectivity index (χ4v) is 4.17. The number of nitrogens with two attached hydrogens (primary N) is 1. The minimum Gasteiger partial charge on any atom is -0.330 e. The molecule has 3 rings (SSSR count). The van der Waals surface area contributed by atoms with Gasteiger partial charge in [0.2, 0.25) is 11.8 Å². The van der Waals surface area contributed by atoms with Crippen LogP contribution in [0.5, 0.6) is 0 Å². The number of amides is 4. The quantitative estimate of drug-likeness (QED) is 0.268. The first-order valence-corrected chi connectivity index (χ1v) is 11.3. The van der Waals surface area contributed by atoms with E-state index in [2.05, 4.69) is 5.32 Å². The van der Waals surface area contributed by atoms with Crippen LogP contribution in [0.1, 0.15) is 65.8 Å². The summed E-state index contributed by atoms with van der Waals surface area (Å²) < 4.78 is 17.5. The van der Waals surface area contributed by atoms with Crippen LogP contribution >= 0.6 is 0 Å². The van der Waals surface area contributed by atoms with Crippen molar-refractivity contribution in [2.75, 3.05) is 26.4 Å². The van der Waals surface area contributed by atoms with Gasteiger partial charge in [-0.15, -0.1) is 0 Å². The summed E-state index contributed by atoms with van der Waals surface area (Å²) in [5, 5.41) is 2.20. The number of imide groups is 2. The molecule has 1 atom stereocenters. The van der Waals surface area contributed by atoms with Gasteiger partial charge in [-0.2, -0.15) is 0 Å². The fraction of sp³-hybridized carbons (Fsp3) is 0.565. The van der Waals surface area contributed by atoms with Crippen LogP contribution in [-0.4, -0.2) is 66.9 Å². The molecule has 10 heteroatoms. The number of nitrogens with zero attached hydrogens (tertiary/aromatic N) is 1. The summed E-state index contributed by atoms with van der Waals surface area (Å²) in [4.78, 5) is 51.1. The van der Waals surface area contributed by atoms with Gasteiger partial charge < -0.3 is 19.9 Å². The molecule has 0 radical (unpaired) electrons. The molecule has 10 nitrogen and oxygen atoms in total. The third kappa shape index (κ3) is 5.30. The van der Waals surface area contributed by atoms with E-state index >= 15 is 0 Å². The summed E-state index contributed by atoms with van der Waals surface area (Å²) >= 11 is 0. The summed E-state index contributed by atoms with van der Waals surface area (Å²) in [6, 6.07) is 4.03. The first-order valence-electron chi connectivity index (χ1n) is 11.3. The lowest BCUT2D eigenvalue weighted by Crippen LogP contribution is -2.54. The maximum absolute atomic E-state index is 13.3. The molecule has 180 valence electrons. The number of rotatable bonds is 12. The number of hydrogen-bond donors (Lipinski definition) is 2. The van der Waals surface area contributed by atoms with Gasteiger partial charge in [-0.25, -0.2) is 0 Å². The summed E-state index contributed by atoms with van der Waals surface area (Å²) in [7, 11) is 0. The maximum atomic E-state index is 13.3. The third-order valence-electron chi connectivity index (χ3n) is 5.65. The van der Waals surface area contributed by atoms with Gasteiger partial charge in [0.1, 0.15) is 6.04 Å². The number of aryl methyl sites for hydroxylation is 1. The van der Waals surface area contributed by atoms with Gasteiger partial charge in [0.25, 0.3) is 17.8 Å². The minimum atomic E-state index is -1.30. The van der Waals surface area contributed by atoms with Crippen LogP contribution in [0, 0.1) is 0 Å². The zero-order valence-corrected chi connectivity index (χ0v) is 19.1. The zero-order chi connectivity index (χ0) is 24.0. The molecule has 1 unspecified atom stereocenters. The van der Waals surface area contributed by atoms with Crippen molar-refractivity contribution in [1.82, 2.24) is 10.2 Å². The van der Waals surface area contributed by atoms with E-state index in [9.17, 15) is 19.2 Å². The molecule has 1 aromatic rings. The van der Waals surface area contributed by atoms with Crippen molar-refractivity contribution in [3.63, 3.8) is 0 Å². The first-order chi connectivity index (χ1) is 15.9. The number of hydrogen-bond acceptors (Lipinski definition) is 8.